The Morgan fingerprint density at radius 3 is 2.29 bits per heavy atom. The number of carbonyl (C=O) groups is 2. The Morgan fingerprint density at radius 1 is 1.10 bits per heavy atom. The van der Waals surface area contributed by atoms with Crippen molar-refractivity contribution in [3.8, 4) is 0 Å². The molecule has 0 unspecified atom stereocenters. The van der Waals surface area contributed by atoms with Gasteiger partial charge in [-0.25, -0.2) is 0 Å². The topological polar surface area (TPSA) is 53.8 Å². The normalized spacial score (nSPS) is 16.8. The SMILES string of the molecule is CC(C)(C)C(=O)N1CCCN(C(=O)c2ccc(Br)o2)CC1. The summed E-state index contributed by atoms with van der Waals surface area (Å²) in [4.78, 5) is 28.3. The zero-order valence-corrected chi connectivity index (χ0v) is 14.3. The smallest absolute Gasteiger partial charge is 0.289 e. The molecule has 1 aliphatic rings. The largest absolute Gasteiger partial charge is 0.444 e. The van der Waals surface area contributed by atoms with E-state index in [1.54, 1.807) is 17.0 Å². The van der Waals surface area contributed by atoms with Crippen LogP contribution < -0.4 is 0 Å². The highest BCUT2D eigenvalue weighted by Crippen LogP contribution is 2.20. The molecule has 116 valence electrons. The fourth-order valence-corrected chi connectivity index (χ4v) is 2.69. The van der Waals surface area contributed by atoms with Gasteiger partial charge < -0.3 is 14.2 Å². The highest BCUT2D eigenvalue weighted by molar-refractivity contribution is 9.10. The molecule has 0 radical (unpaired) electrons. The van der Waals surface area contributed by atoms with Gasteiger partial charge in [-0.3, -0.25) is 9.59 Å². The summed E-state index contributed by atoms with van der Waals surface area (Å²) in [7, 11) is 0. The molecule has 0 aliphatic carbocycles. The molecule has 2 heterocycles. The third-order valence-corrected chi connectivity index (χ3v) is 3.92. The molecule has 6 heteroatoms. The first-order valence-electron chi connectivity index (χ1n) is 7.13. The molecule has 1 aliphatic heterocycles. The molecular weight excluding hydrogens is 336 g/mol. The number of hydrogen-bond acceptors (Lipinski definition) is 3. The molecule has 0 bridgehead atoms. The van der Waals surface area contributed by atoms with E-state index in [2.05, 4.69) is 15.9 Å². The summed E-state index contributed by atoms with van der Waals surface area (Å²) in [6.45, 7) is 8.21. The van der Waals surface area contributed by atoms with E-state index in [-0.39, 0.29) is 17.2 Å². The number of carbonyl (C=O) groups excluding carboxylic acids is 2. The lowest BCUT2D eigenvalue weighted by atomic mass is 9.94. The van der Waals surface area contributed by atoms with Crippen LogP contribution in [0.25, 0.3) is 0 Å². The van der Waals surface area contributed by atoms with Crippen LogP contribution in [0.4, 0.5) is 0 Å². The first-order chi connectivity index (χ1) is 9.79. The third kappa shape index (κ3) is 3.87. The number of nitrogens with zero attached hydrogens (tertiary/aromatic N) is 2. The summed E-state index contributed by atoms with van der Waals surface area (Å²) in [5, 5.41) is 0. The molecule has 0 saturated carbocycles. The van der Waals surface area contributed by atoms with Gasteiger partial charge >= 0.3 is 0 Å². The summed E-state index contributed by atoms with van der Waals surface area (Å²) >= 11 is 3.20. The summed E-state index contributed by atoms with van der Waals surface area (Å²) in [5.41, 5.74) is -0.384. The first kappa shape index (κ1) is 16.1. The minimum atomic E-state index is -0.384. The average molecular weight is 357 g/mol. The van der Waals surface area contributed by atoms with E-state index in [1.807, 2.05) is 25.7 Å². The predicted molar refractivity (Wildman–Crippen MR) is 83.0 cm³/mol. The van der Waals surface area contributed by atoms with Crippen molar-refractivity contribution in [3.05, 3.63) is 22.6 Å². The second kappa shape index (κ2) is 6.22. The molecule has 1 aromatic heterocycles. The standard InChI is InChI=1S/C15H21BrN2O3/c1-15(2,3)14(20)18-8-4-7-17(9-10-18)13(19)11-5-6-12(16)21-11/h5-6H,4,7-10H2,1-3H3. The van der Waals surface area contributed by atoms with Crippen molar-refractivity contribution < 1.29 is 14.0 Å². The number of hydrogen-bond donors (Lipinski definition) is 0. The van der Waals surface area contributed by atoms with E-state index >= 15 is 0 Å². The molecule has 0 atom stereocenters. The number of rotatable bonds is 1. The van der Waals surface area contributed by atoms with Crippen molar-refractivity contribution in [2.75, 3.05) is 26.2 Å². The fourth-order valence-electron chi connectivity index (χ4n) is 2.38. The Morgan fingerprint density at radius 2 is 1.71 bits per heavy atom. The average Bonchev–Trinajstić information content (AvgIpc) is 2.71. The molecule has 2 rings (SSSR count). The molecule has 1 aromatic rings. The van der Waals surface area contributed by atoms with E-state index in [1.165, 1.54) is 0 Å². The maximum absolute atomic E-state index is 12.3. The highest BCUT2D eigenvalue weighted by atomic mass is 79.9. The zero-order valence-electron chi connectivity index (χ0n) is 12.7. The van der Waals surface area contributed by atoms with Crippen LogP contribution in [0.5, 0.6) is 0 Å². The van der Waals surface area contributed by atoms with E-state index in [9.17, 15) is 9.59 Å². The number of furan rings is 1. The second-order valence-corrected chi connectivity index (χ2v) is 7.07. The van der Waals surface area contributed by atoms with Crippen LogP contribution in [0, 0.1) is 5.41 Å². The summed E-state index contributed by atoms with van der Waals surface area (Å²) in [5.74, 6) is 0.348. The van der Waals surface area contributed by atoms with E-state index in [0.717, 1.165) is 6.42 Å². The maximum Gasteiger partial charge on any atom is 0.289 e. The van der Waals surface area contributed by atoms with Crippen molar-refractivity contribution in [2.24, 2.45) is 5.41 Å². The van der Waals surface area contributed by atoms with Crippen molar-refractivity contribution in [1.82, 2.24) is 9.80 Å². The maximum atomic E-state index is 12.3. The lowest BCUT2D eigenvalue weighted by Gasteiger charge is -2.28. The van der Waals surface area contributed by atoms with Gasteiger partial charge in [-0.1, -0.05) is 20.8 Å². The van der Waals surface area contributed by atoms with Crippen LogP contribution in [-0.2, 0) is 4.79 Å². The molecule has 2 amide bonds. The van der Waals surface area contributed by atoms with Gasteiger partial charge in [0.25, 0.3) is 5.91 Å². The van der Waals surface area contributed by atoms with Gasteiger partial charge in [0, 0.05) is 31.6 Å². The van der Waals surface area contributed by atoms with Crippen LogP contribution in [0.15, 0.2) is 21.2 Å². The second-order valence-electron chi connectivity index (χ2n) is 6.29. The van der Waals surface area contributed by atoms with Gasteiger partial charge in [0.1, 0.15) is 0 Å². The minimum Gasteiger partial charge on any atom is -0.444 e. The number of halogens is 1. The number of amides is 2. The summed E-state index contributed by atoms with van der Waals surface area (Å²) in [6.07, 6.45) is 0.787. The van der Waals surface area contributed by atoms with Crippen LogP contribution >= 0.6 is 15.9 Å². The van der Waals surface area contributed by atoms with E-state index < -0.39 is 0 Å². The van der Waals surface area contributed by atoms with Crippen molar-refractivity contribution >= 4 is 27.7 Å². The monoisotopic (exact) mass is 356 g/mol. The Bertz CT molecular complexity index is 533. The quantitative estimate of drug-likeness (QED) is 0.777. The van der Waals surface area contributed by atoms with Crippen LogP contribution in [-0.4, -0.2) is 47.8 Å². The van der Waals surface area contributed by atoms with Gasteiger partial charge in [0.15, 0.2) is 10.4 Å². The van der Waals surface area contributed by atoms with Crippen LogP contribution in [0.2, 0.25) is 0 Å². The summed E-state index contributed by atoms with van der Waals surface area (Å²) in [6, 6.07) is 3.37. The van der Waals surface area contributed by atoms with Gasteiger partial charge in [-0.15, -0.1) is 0 Å². The van der Waals surface area contributed by atoms with Gasteiger partial charge in [0.2, 0.25) is 5.91 Å². The Labute approximate surface area is 133 Å². The minimum absolute atomic E-state index is 0.120. The fraction of sp³-hybridized carbons (Fsp3) is 0.600. The van der Waals surface area contributed by atoms with Gasteiger partial charge in [-0.05, 0) is 34.5 Å². The molecule has 0 aromatic carbocycles. The molecule has 1 fully saturated rings. The zero-order chi connectivity index (χ0) is 15.6. The van der Waals surface area contributed by atoms with Gasteiger partial charge in [0.05, 0.1) is 0 Å². The molecule has 5 nitrogen and oxygen atoms in total. The Hall–Kier alpha value is -1.30. The highest BCUT2D eigenvalue weighted by Gasteiger charge is 2.30. The molecule has 0 spiro atoms. The van der Waals surface area contributed by atoms with E-state index in [0.29, 0.717) is 36.6 Å². The predicted octanol–water partition coefficient (Wildman–Crippen LogP) is 2.76. The third-order valence-electron chi connectivity index (χ3n) is 3.50. The summed E-state index contributed by atoms with van der Waals surface area (Å²) < 4.78 is 5.86. The lowest BCUT2D eigenvalue weighted by molar-refractivity contribution is -0.139. The molecule has 1 saturated heterocycles. The van der Waals surface area contributed by atoms with Crippen LogP contribution in [0.1, 0.15) is 37.7 Å². The van der Waals surface area contributed by atoms with Gasteiger partial charge in [-0.2, -0.15) is 0 Å². The van der Waals surface area contributed by atoms with Crippen molar-refractivity contribution in [2.45, 2.75) is 27.2 Å². The Balaban J connectivity index is 2.01. The Kier molecular flexibility index (Phi) is 4.76. The lowest BCUT2D eigenvalue weighted by Crippen LogP contribution is -2.42. The first-order valence-corrected chi connectivity index (χ1v) is 7.92. The molecule has 0 N–H and O–H groups in total. The molecular formula is C15H21BrN2O3. The molecule has 21 heavy (non-hydrogen) atoms. The van der Waals surface area contributed by atoms with Crippen LogP contribution in [0.3, 0.4) is 0 Å². The van der Waals surface area contributed by atoms with Crippen molar-refractivity contribution in [3.63, 3.8) is 0 Å². The van der Waals surface area contributed by atoms with E-state index in [4.69, 9.17) is 4.42 Å². The van der Waals surface area contributed by atoms with Crippen molar-refractivity contribution in [1.29, 1.82) is 0 Å².